The number of fused-ring (bicyclic) bond motifs is 1. The molecule has 0 saturated carbocycles. The van der Waals surface area contributed by atoms with E-state index < -0.39 is 0 Å². The van der Waals surface area contributed by atoms with Crippen LogP contribution < -0.4 is 10.6 Å². The third-order valence-corrected chi connectivity index (χ3v) is 5.39. The number of rotatable bonds is 9. The molecule has 0 amide bonds. The molecule has 0 spiro atoms. The molecule has 1 aromatic carbocycles. The highest BCUT2D eigenvalue weighted by Gasteiger charge is 2.12. The zero-order valence-corrected chi connectivity index (χ0v) is 18.7. The number of benzene rings is 1. The quantitative estimate of drug-likeness (QED) is 0.321. The fourth-order valence-electron chi connectivity index (χ4n) is 3.70. The van der Waals surface area contributed by atoms with Gasteiger partial charge in [0, 0.05) is 45.0 Å². The Morgan fingerprint density at radius 1 is 1.13 bits per heavy atom. The lowest BCUT2D eigenvalue weighted by Gasteiger charge is -2.13. The summed E-state index contributed by atoms with van der Waals surface area (Å²) < 4.78 is 9.44. The molecule has 0 aliphatic rings. The molecule has 0 aliphatic heterocycles. The first kappa shape index (κ1) is 21.8. The molecule has 2 aromatic heterocycles. The maximum atomic E-state index is 5.17. The molecule has 8 heteroatoms. The Hall–Kier alpha value is -2.87. The number of aliphatic imine (C=N–C) groups is 1. The normalized spacial score (nSPS) is 12.0. The summed E-state index contributed by atoms with van der Waals surface area (Å²) in [4.78, 5) is 8.98. The van der Waals surface area contributed by atoms with E-state index in [0.29, 0.717) is 13.2 Å². The molecule has 0 aliphatic carbocycles. The van der Waals surface area contributed by atoms with E-state index in [1.54, 1.807) is 14.2 Å². The second kappa shape index (κ2) is 10.2. The maximum Gasteiger partial charge on any atom is 0.191 e. The number of methoxy groups -OCH3 is 1. The summed E-state index contributed by atoms with van der Waals surface area (Å²) in [5.74, 6) is 1.85. The third-order valence-electron chi connectivity index (χ3n) is 5.39. The van der Waals surface area contributed by atoms with E-state index in [1.807, 2.05) is 17.7 Å². The van der Waals surface area contributed by atoms with Crippen molar-refractivity contribution >= 4 is 17.0 Å². The van der Waals surface area contributed by atoms with Crippen LogP contribution in [0.2, 0.25) is 0 Å². The van der Waals surface area contributed by atoms with Crippen LogP contribution in [0, 0.1) is 20.8 Å². The van der Waals surface area contributed by atoms with Crippen LogP contribution in [0.4, 0.5) is 0 Å². The molecule has 0 atom stereocenters. The highest BCUT2D eigenvalue weighted by Crippen LogP contribution is 2.15. The molecule has 162 valence electrons. The van der Waals surface area contributed by atoms with Gasteiger partial charge in [0.2, 0.25) is 0 Å². The number of nitrogens with zero attached hydrogens (tertiary/aromatic N) is 5. The molecule has 0 unspecified atom stereocenters. The first-order chi connectivity index (χ1) is 14.5. The van der Waals surface area contributed by atoms with Gasteiger partial charge in [-0.1, -0.05) is 12.1 Å². The Morgan fingerprint density at radius 3 is 2.70 bits per heavy atom. The van der Waals surface area contributed by atoms with Gasteiger partial charge in [0.1, 0.15) is 5.82 Å². The highest BCUT2D eigenvalue weighted by molar-refractivity contribution is 5.79. The van der Waals surface area contributed by atoms with Crippen LogP contribution in [0.5, 0.6) is 0 Å². The molecule has 8 nitrogen and oxygen atoms in total. The highest BCUT2D eigenvalue weighted by atomic mass is 16.5. The first-order valence-corrected chi connectivity index (χ1v) is 10.4. The average molecular weight is 412 g/mol. The monoisotopic (exact) mass is 411 g/mol. The second-order valence-electron chi connectivity index (χ2n) is 7.37. The van der Waals surface area contributed by atoms with Crippen LogP contribution in [0.15, 0.2) is 29.3 Å². The lowest BCUT2D eigenvalue weighted by atomic mass is 10.2. The van der Waals surface area contributed by atoms with Crippen molar-refractivity contribution in [2.45, 2.75) is 46.8 Å². The smallest absolute Gasteiger partial charge is 0.191 e. The van der Waals surface area contributed by atoms with E-state index >= 15 is 0 Å². The van der Waals surface area contributed by atoms with Gasteiger partial charge < -0.3 is 19.9 Å². The number of hydrogen-bond donors (Lipinski definition) is 2. The lowest BCUT2D eigenvalue weighted by Crippen LogP contribution is -2.37. The summed E-state index contributed by atoms with van der Waals surface area (Å²) >= 11 is 0. The van der Waals surface area contributed by atoms with E-state index in [-0.39, 0.29) is 0 Å². The molecule has 0 fully saturated rings. The van der Waals surface area contributed by atoms with Crippen LogP contribution in [0.25, 0.3) is 11.0 Å². The van der Waals surface area contributed by atoms with E-state index in [1.165, 1.54) is 11.1 Å². The van der Waals surface area contributed by atoms with Gasteiger partial charge >= 0.3 is 0 Å². The van der Waals surface area contributed by atoms with Crippen molar-refractivity contribution in [3.05, 3.63) is 47.0 Å². The molecule has 2 N–H and O–H groups in total. The van der Waals surface area contributed by atoms with Gasteiger partial charge in [-0.05, 0) is 39.3 Å². The predicted molar refractivity (Wildman–Crippen MR) is 121 cm³/mol. The van der Waals surface area contributed by atoms with Gasteiger partial charge in [0.15, 0.2) is 5.96 Å². The summed E-state index contributed by atoms with van der Waals surface area (Å²) in [5, 5.41) is 11.4. The zero-order chi connectivity index (χ0) is 21.5. The summed E-state index contributed by atoms with van der Waals surface area (Å²) in [6.45, 7) is 10.1. The SMILES string of the molecule is CN=C(NCCCn1c(C)nc2ccccc21)NCc1c(C)nn(CCOC)c1C. The number of aromatic nitrogens is 4. The van der Waals surface area contributed by atoms with Crippen molar-refractivity contribution < 1.29 is 4.74 Å². The summed E-state index contributed by atoms with van der Waals surface area (Å²) in [7, 11) is 3.50. The van der Waals surface area contributed by atoms with Gasteiger partial charge in [0.05, 0.1) is 29.9 Å². The van der Waals surface area contributed by atoms with Gasteiger partial charge in [-0.25, -0.2) is 4.98 Å². The van der Waals surface area contributed by atoms with Crippen molar-refractivity contribution in [1.29, 1.82) is 0 Å². The topological polar surface area (TPSA) is 81.3 Å². The molecule has 30 heavy (non-hydrogen) atoms. The number of nitrogens with one attached hydrogen (secondary N) is 2. The van der Waals surface area contributed by atoms with E-state index in [9.17, 15) is 0 Å². The lowest BCUT2D eigenvalue weighted by molar-refractivity contribution is 0.182. The maximum absolute atomic E-state index is 5.17. The van der Waals surface area contributed by atoms with Gasteiger partial charge in [0.25, 0.3) is 0 Å². The molecule has 0 radical (unpaired) electrons. The molecule has 3 rings (SSSR count). The van der Waals surface area contributed by atoms with Crippen molar-refractivity contribution in [3.8, 4) is 0 Å². The first-order valence-electron chi connectivity index (χ1n) is 10.4. The number of aryl methyl sites for hydroxylation is 3. The minimum absolute atomic E-state index is 0.656. The van der Waals surface area contributed by atoms with E-state index in [0.717, 1.165) is 54.7 Å². The summed E-state index contributed by atoms with van der Waals surface area (Å²) in [6, 6.07) is 8.28. The Morgan fingerprint density at radius 2 is 1.93 bits per heavy atom. The molecule has 3 aromatic rings. The average Bonchev–Trinajstić information content (AvgIpc) is 3.21. The van der Waals surface area contributed by atoms with Gasteiger partial charge in [-0.3, -0.25) is 9.67 Å². The summed E-state index contributed by atoms with van der Waals surface area (Å²) in [6.07, 6.45) is 0.981. The molecule has 0 saturated heterocycles. The van der Waals surface area contributed by atoms with Crippen LogP contribution in [0.3, 0.4) is 0 Å². The Labute approximate surface area is 178 Å². The number of hydrogen-bond acceptors (Lipinski definition) is 4. The minimum atomic E-state index is 0.656. The van der Waals surface area contributed by atoms with E-state index in [4.69, 9.17) is 4.74 Å². The van der Waals surface area contributed by atoms with Crippen LogP contribution in [-0.2, 0) is 24.4 Å². The second-order valence-corrected chi connectivity index (χ2v) is 7.37. The molecular weight excluding hydrogens is 378 g/mol. The predicted octanol–water partition coefficient (Wildman–Crippen LogP) is 2.56. The van der Waals surface area contributed by atoms with Crippen molar-refractivity contribution in [2.75, 3.05) is 27.3 Å². The van der Waals surface area contributed by atoms with E-state index in [2.05, 4.69) is 62.3 Å². The third kappa shape index (κ3) is 4.99. The van der Waals surface area contributed by atoms with Crippen molar-refractivity contribution in [2.24, 2.45) is 4.99 Å². The minimum Gasteiger partial charge on any atom is -0.383 e. The van der Waals surface area contributed by atoms with Crippen LogP contribution >= 0.6 is 0 Å². The van der Waals surface area contributed by atoms with Crippen LogP contribution in [-0.4, -0.2) is 52.6 Å². The van der Waals surface area contributed by atoms with Gasteiger partial charge in [-0.2, -0.15) is 5.10 Å². The molecule has 0 bridgehead atoms. The number of guanidine groups is 1. The molecular formula is C22H33N7O. The fourth-order valence-corrected chi connectivity index (χ4v) is 3.70. The number of para-hydroxylation sites is 2. The standard InChI is InChI=1S/C22H33N7O/c1-16-19(17(2)29(27-16)13-14-30-5)15-25-22(23-4)24-11-8-12-28-18(3)26-20-9-6-7-10-21(20)28/h6-7,9-10H,8,11-15H2,1-5H3,(H2,23,24,25). The van der Waals surface area contributed by atoms with Crippen molar-refractivity contribution in [1.82, 2.24) is 30.0 Å². The van der Waals surface area contributed by atoms with Gasteiger partial charge in [-0.15, -0.1) is 0 Å². The fraction of sp³-hybridized carbons (Fsp3) is 0.500. The Kier molecular flexibility index (Phi) is 7.46. The Bertz CT molecular complexity index is 1000. The van der Waals surface area contributed by atoms with Crippen LogP contribution in [0.1, 0.15) is 29.2 Å². The molecule has 2 heterocycles. The summed E-state index contributed by atoms with van der Waals surface area (Å²) in [5.41, 5.74) is 5.64. The number of ether oxygens (including phenoxy) is 1. The van der Waals surface area contributed by atoms with Crippen molar-refractivity contribution in [3.63, 3.8) is 0 Å². The largest absolute Gasteiger partial charge is 0.383 e. The zero-order valence-electron chi connectivity index (χ0n) is 18.7. The Balaban J connectivity index is 1.50. The number of imidazole rings is 1.